The zero-order valence-electron chi connectivity index (χ0n) is 9.32. The average Bonchev–Trinajstić information content (AvgIpc) is 2.33. The van der Waals surface area contributed by atoms with Gasteiger partial charge in [0, 0.05) is 10.6 Å². The Morgan fingerprint density at radius 2 is 2.06 bits per heavy atom. The van der Waals surface area contributed by atoms with Gasteiger partial charge in [0.05, 0.1) is 35.1 Å². The smallest absolute Gasteiger partial charge is 0.0721 e. The predicted octanol–water partition coefficient (Wildman–Crippen LogP) is 3.70. The Kier molecular flexibility index (Phi) is 3.71. The van der Waals surface area contributed by atoms with E-state index in [1.807, 2.05) is 0 Å². The number of anilines is 1. The monoisotopic (exact) mass is 277 g/mol. The molecule has 0 saturated carbocycles. The van der Waals surface area contributed by atoms with Gasteiger partial charge in [-0.1, -0.05) is 23.2 Å². The Hall–Kier alpha value is -1.76. The van der Waals surface area contributed by atoms with Crippen LogP contribution in [0.1, 0.15) is 5.56 Å². The van der Waals surface area contributed by atoms with Gasteiger partial charge in [-0.25, -0.2) is 0 Å². The normalized spacial score (nSPS) is 10.1. The van der Waals surface area contributed by atoms with Gasteiger partial charge < -0.3 is 5.73 Å². The van der Waals surface area contributed by atoms with Gasteiger partial charge in [0.25, 0.3) is 0 Å². The molecule has 90 valence electrons. The molecule has 1 aromatic carbocycles. The molecular weight excluding hydrogens is 269 g/mol. The zero-order chi connectivity index (χ0) is 13.1. The summed E-state index contributed by atoms with van der Waals surface area (Å²) in [5.74, 6) is 0. The summed E-state index contributed by atoms with van der Waals surface area (Å²) in [6.45, 7) is 0. The molecule has 0 saturated heterocycles. The highest BCUT2D eigenvalue weighted by atomic mass is 35.5. The van der Waals surface area contributed by atoms with E-state index in [2.05, 4.69) is 11.1 Å². The molecule has 0 radical (unpaired) electrons. The predicted molar refractivity (Wildman–Crippen MR) is 73.4 cm³/mol. The van der Waals surface area contributed by atoms with Crippen molar-refractivity contribution in [2.24, 2.45) is 0 Å². The highest BCUT2D eigenvalue weighted by Crippen LogP contribution is 2.30. The number of halogens is 2. The molecule has 3 nitrogen and oxygen atoms in total. The second-order valence-corrected chi connectivity index (χ2v) is 4.57. The van der Waals surface area contributed by atoms with Gasteiger partial charge in [-0.05, 0) is 29.8 Å². The fourth-order valence-electron chi connectivity index (χ4n) is 1.59. The van der Waals surface area contributed by atoms with E-state index in [4.69, 9.17) is 34.2 Å². The fourth-order valence-corrected chi connectivity index (χ4v) is 2.10. The summed E-state index contributed by atoms with van der Waals surface area (Å²) in [7, 11) is 0. The molecule has 2 aromatic rings. The van der Waals surface area contributed by atoms with Gasteiger partial charge >= 0.3 is 0 Å². The molecule has 1 aromatic heterocycles. The summed E-state index contributed by atoms with van der Waals surface area (Å²) < 4.78 is 0. The van der Waals surface area contributed by atoms with Crippen molar-refractivity contribution in [1.29, 1.82) is 5.26 Å². The number of nitrogen functional groups attached to an aromatic ring is 1. The molecule has 0 aliphatic heterocycles. The Bertz CT molecular complexity index is 633. The van der Waals surface area contributed by atoms with Gasteiger partial charge in [0.2, 0.25) is 0 Å². The Morgan fingerprint density at radius 1 is 1.28 bits per heavy atom. The van der Waals surface area contributed by atoms with Crippen molar-refractivity contribution < 1.29 is 0 Å². The molecule has 0 aliphatic rings. The second kappa shape index (κ2) is 5.26. The topological polar surface area (TPSA) is 62.7 Å². The van der Waals surface area contributed by atoms with Gasteiger partial charge in [0.15, 0.2) is 0 Å². The molecule has 0 unspecified atom stereocenters. The van der Waals surface area contributed by atoms with E-state index >= 15 is 0 Å². The lowest BCUT2D eigenvalue weighted by Crippen LogP contribution is -1.96. The van der Waals surface area contributed by atoms with Gasteiger partial charge in [-0.15, -0.1) is 0 Å². The van der Waals surface area contributed by atoms with Crippen LogP contribution in [0, 0.1) is 11.3 Å². The molecule has 2 rings (SSSR count). The number of rotatable bonds is 2. The number of nitriles is 1. The van der Waals surface area contributed by atoms with Gasteiger partial charge in [0.1, 0.15) is 0 Å². The molecule has 0 spiro atoms. The molecule has 0 aliphatic carbocycles. The Labute approximate surface area is 115 Å². The maximum Gasteiger partial charge on any atom is 0.0721 e. The number of nitrogens with zero attached hydrogens (tertiary/aromatic N) is 2. The van der Waals surface area contributed by atoms with Crippen LogP contribution in [0.25, 0.3) is 11.3 Å². The van der Waals surface area contributed by atoms with Gasteiger partial charge in [-0.3, -0.25) is 4.98 Å². The SMILES string of the molecule is N#CCc1cc(-c2ccc(Cl)cc2Cl)ncc1N. The minimum absolute atomic E-state index is 0.243. The van der Waals surface area contributed by atoms with Crippen LogP contribution in [0.4, 0.5) is 5.69 Å². The standard InChI is InChI=1S/C13H9Cl2N3/c14-9-1-2-10(11(15)6-9)13-5-8(3-4-16)12(17)7-18-13/h1-2,5-7H,3,17H2. The molecule has 2 N–H and O–H groups in total. The zero-order valence-corrected chi connectivity index (χ0v) is 10.8. The van der Waals surface area contributed by atoms with Crippen molar-refractivity contribution in [2.75, 3.05) is 5.73 Å². The first-order valence-corrected chi connectivity index (χ1v) is 5.94. The van der Waals surface area contributed by atoms with E-state index in [1.54, 1.807) is 24.3 Å². The molecule has 18 heavy (non-hydrogen) atoms. The van der Waals surface area contributed by atoms with E-state index in [1.165, 1.54) is 6.20 Å². The lowest BCUT2D eigenvalue weighted by atomic mass is 10.1. The molecule has 0 amide bonds. The van der Waals surface area contributed by atoms with Crippen LogP contribution < -0.4 is 5.73 Å². The molecule has 0 fully saturated rings. The van der Waals surface area contributed by atoms with Crippen molar-refractivity contribution in [1.82, 2.24) is 4.98 Å². The first kappa shape index (κ1) is 12.7. The van der Waals surface area contributed by atoms with E-state index in [0.717, 1.165) is 11.1 Å². The maximum atomic E-state index is 8.73. The number of benzene rings is 1. The highest BCUT2D eigenvalue weighted by Gasteiger charge is 2.08. The van der Waals surface area contributed by atoms with E-state index in [0.29, 0.717) is 21.4 Å². The lowest BCUT2D eigenvalue weighted by Gasteiger charge is -2.07. The van der Waals surface area contributed by atoms with Gasteiger partial charge in [-0.2, -0.15) is 5.26 Å². The summed E-state index contributed by atoms with van der Waals surface area (Å²) in [6.07, 6.45) is 1.78. The van der Waals surface area contributed by atoms with Crippen LogP contribution >= 0.6 is 23.2 Å². The van der Waals surface area contributed by atoms with Crippen LogP contribution in [0.2, 0.25) is 10.0 Å². The summed E-state index contributed by atoms with van der Waals surface area (Å²) in [6, 6.07) is 9.02. The summed E-state index contributed by atoms with van der Waals surface area (Å²) >= 11 is 12.0. The van der Waals surface area contributed by atoms with Crippen molar-refractivity contribution in [3.8, 4) is 17.3 Å². The molecule has 0 atom stereocenters. The third-order valence-electron chi connectivity index (χ3n) is 2.50. The first-order valence-electron chi connectivity index (χ1n) is 5.18. The first-order chi connectivity index (χ1) is 8.61. The molecule has 0 bridgehead atoms. The fraction of sp³-hybridized carbons (Fsp3) is 0.0769. The van der Waals surface area contributed by atoms with E-state index in [9.17, 15) is 0 Å². The minimum Gasteiger partial charge on any atom is -0.397 e. The molecule has 5 heteroatoms. The third-order valence-corrected chi connectivity index (χ3v) is 3.05. The van der Waals surface area contributed by atoms with Crippen LogP contribution in [-0.2, 0) is 6.42 Å². The largest absolute Gasteiger partial charge is 0.397 e. The van der Waals surface area contributed by atoms with Crippen molar-refractivity contribution >= 4 is 28.9 Å². The summed E-state index contributed by atoms with van der Waals surface area (Å²) in [4.78, 5) is 4.22. The van der Waals surface area contributed by atoms with Crippen LogP contribution in [0.15, 0.2) is 30.5 Å². The number of aromatic nitrogens is 1. The lowest BCUT2D eigenvalue weighted by molar-refractivity contribution is 1.22. The number of hydrogen-bond donors (Lipinski definition) is 1. The van der Waals surface area contributed by atoms with Crippen LogP contribution in [-0.4, -0.2) is 4.98 Å². The number of pyridine rings is 1. The van der Waals surface area contributed by atoms with Crippen molar-refractivity contribution in [3.05, 3.63) is 46.1 Å². The number of nitrogens with two attached hydrogens (primary N) is 1. The molecular formula is C13H9Cl2N3. The Balaban J connectivity index is 2.51. The van der Waals surface area contributed by atoms with Crippen molar-refractivity contribution in [3.63, 3.8) is 0 Å². The maximum absolute atomic E-state index is 8.73. The second-order valence-electron chi connectivity index (χ2n) is 3.73. The van der Waals surface area contributed by atoms with E-state index in [-0.39, 0.29) is 6.42 Å². The third kappa shape index (κ3) is 2.56. The van der Waals surface area contributed by atoms with Crippen LogP contribution in [0.5, 0.6) is 0 Å². The summed E-state index contributed by atoms with van der Waals surface area (Å²) in [5.41, 5.74) is 8.44. The minimum atomic E-state index is 0.243. The number of hydrogen-bond acceptors (Lipinski definition) is 3. The Morgan fingerprint density at radius 3 is 2.72 bits per heavy atom. The van der Waals surface area contributed by atoms with Crippen LogP contribution in [0.3, 0.4) is 0 Å². The van der Waals surface area contributed by atoms with Crippen molar-refractivity contribution in [2.45, 2.75) is 6.42 Å². The van der Waals surface area contributed by atoms with E-state index < -0.39 is 0 Å². The highest BCUT2D eigenvalue weighted by molar-refractivity contribution is 6.36. The quantitative estimate of drug-likeness (QED) is 0.910. The molecule has 1 heterocycles. The summed E-state index contributed by atoms with van der Waals surface area (Å²) in [5, 5.41) is 9.81. The average molecular weight is 278 g/mol.